The van der Waals surface area contributed by atoms with Crippen LogP contribution in [0.2, 0.25) is 0 Å². The summed E-state index contributed by atoms with van der Waals surface area (Å²) in [4.78, 5) is 0. The zero-order valence-electron chi connectivity index (χ0n) is 16.3. The van der Waals surface area contributed by atoms with Crippen molar-refractivity contribution in [1.29, 1.82) is 0 Å². The fraction of sp³-hybridized carbons (Fsp3) is 0.739. The summed E-state index contributed by atoms with van der Waals surface area (Å²) < 4.78 is 0. The number of aliphatic hydroxyl groups excluding tert-OH is 2. The van der Waals surface area contributed by atoms with Gasteiger partial charge in [-0.1, -0.05) is 45.1 Å². The van der Waals surface area contributed by atoms with Gasteiger partial charge in [-0.05, 0) is 85.2 Å². The second-order valence-corrected chi connectivity index (χ2v) is 9.21. The molecule has 0 aromatic carbocycles. The van der Waals surface area contributed by atoms with Gasteiger partial charge in [0.2, 0.25) is 0 Å². The second-order valence-electron chi connectivity index (χ2n) is 9.21. The van der Waals surface area contributed by atoms with Gasteiger partial charge in [0.15, 0.2) is 0 Å². The van der Waals surface area contributed by atoms with Gasteiger partial charge < -0.3 is 10.2 Å². The van der Waals surface area contributed by atoms with Crippen molar-refractivity contribution in [3.8, 4) is 0 Å². The summed E-state index contributed by atoms with van der Waals surface area (Å²) in [5, 5.41) is 19.8. The van der Waals surface area contributed by atoms with Crippen LogP contribution in [0.3, 0.4) is 0 Å². The van der Waals surface area contributed by atoms with E-state index >= 15 is 0 Å². The molecule has 3 aliphatic carbocycles. The Morgan fingerprint density at radius 1 is 1.32 bits per heavy atom. The summed E-state index contributed by atoms with van der Waals surface area (Å²) in [5.74, 6) is 2.09. The maximum Gasteiger partial charge on any atom is 0.0586 e. The Balaban J connectivity index is 1.82. The minimum absolute atomic E-state index is 0.219. The van der Waals surface area contributed by atoms with E-state index in [4.69, 9.17) is 0 Å². The molecule has 2 heteroatoms. The lowest BCUT2D eigenvalue weighted by Crippen LogP contribution is -2.36. The molecule has 0 bridgehead atoms. The van der Waals surface area contributed by atoms with Crippen LogP contribution < -0.4 is 0 Å². The van der Waals surface area contributed by atoms with Crippen molar-refractivity contribution in [2.45, 2.75) is 71.8 Å². The Labute approximate surface area is 153 Å². The van der Waals surface area contributed by atoms with Crippen LogP contribution in [0.5, 0.6) is 0 Å². The SMILES string of the molecule is C=C1/C(=C\C=C2/CCC[C@]3(C)C([C@H](C)CO)CC[C@@H]23)C[C@@H](O)C[C@@H]1C. The smallest absolute Gasteiger partial charge is 0.0586 e. The molecule has 0 radical (unpaired) electrons. The first-order chi connectivity index (χ1) is 11.9. The maximum atomic E-state index is 10.1. The van der Waals surface area contributed by atoms with Gasteiger partial charge in [0, 0.05) is 6.61 Å². The third kappa shape index (κ3) is 3.53. The summed E-state index contributed by atoms with van der Waals surface area (Å²) in [6.07, 6.45) is 12.3. The maximum absolute atomic E-state index is 10.1. The lowest BCUT2D eigenvalue weighted by molar-refractivity contribution is 0.0690. The van der Waals surface area contributed by atoms with Gasteiger partial charge in [0.05, 0.1) is 6.10 Å². The zero-order valence-corrected chi connectivity index (χ0v) is 16.3. The molecule has 0 heterocycles. The van der Waals surface area contributed by atoms with Gasteiger partial charge in [-0.3, -0.25) is 0 Å². The van der Waals surface area contributed by atoms with E-state index in [1.165, 1.54) is 43.3 Å². The lowest BCUT2D eigenvalue weighted by Gasteiger charge is -2.44. The second kappa shape index (κ2) is 7.40. The fourth-order valence-corrected chi connectivity index (χ4v) is 6.06. The van der Waals surface area contributed by atoms with Crippen LogP contribution in [-0.4, -0.2) is 22.9 Å². The van der Waals surface area contributed by atoms with Crippen LogP contribution in [0.15, 0.2) is 35.5 Å². The first-order valence-electron chi connectivity index (χ1n) is 10.2. The van der Waals surface area contributed by atoms with E-state index < -0.39 is 0 Å². The highest BCUT2D eigenvalue weighted by atomic mass is 16.3. The van der Waals surface area contributed by atoms with Crippen LogP contribution in [0.25, 0.3) is 0 Å². The molecule has 3 saturated carbocycles. The molecule has 0 amide bonds. The summed E-state index contributed by atoms with van der Waals surface area (Å²) in [5.41, 5.74) is 4.39. The number of hydrogen-bond donors (Lipinski definition) is 2. The predicted molar refractivity (Wildman–Crippen MR) is 104 cm³/mol. The van der Waals surface area contributed by atoms with Crippen molar-refractivity contribution in [2.75, 3.05) is 6.61 Å². The van der Waals surface area contributed by atoms with Gasteiger partial charge in [0.1, 0.15) is 0 Å². The number of hydrogen-bond acceptors (Lipinski definition) is 2. The van der Waals surface area contributed by atoms with E-state index in [2.05, 4.69) is 39.5 Å². The molecule has 0 aromatic rings. The van der Waals surface area contributed by atoms with E-state index in [9.17, 15) is 10.2 Å². The minimum Gasteiger partial charge on any atom is -0.396 e. The molecule has 2 N–H and O–H groups in total. The summed E-state index contributed by atoms with van der Waals surface area (Å²) in [6.45, 7) is 11.4. The van der Waals surface area contributed by atoms with Gasteiger partial charge in [0.25, 0.3) is 0 Å². The van der Waals surface area contributed by atoms with Crippen molar-refractivity contribution in [2.24, 2.45) is 29.1 Å². The fourth-order valence-electron chi connectivity index (χ4n) is 6.06. The number of rotatable bonds is 3. The van der Waals surface area contributed by atoms with Crippen molar-refractivity contribution < 1.29 is 10.2 Å². The molecule has 6 atom stereocenters. The van der Waals surface area contributed by atoms with Crippen molar-refractivity contribution in [3.63, 3.8) is 0 Å². The predicted octanol–water partition coefficient (Wildman–Crippen LogP) is 5.03. The Morgan fingerprint density at radius 3 is 2.80 bits per heavy atom. The molecule has 0 aliphatic heterocycles. The third-order valence-corrected chi connectivity index (χ3v) is 7.60. The largest absolute Gasteiger partial charge is 0.396 e. The molecule has 3 rings (SSSR count). The Bertz CT molecular complexity index is 573. The molecule has 25 heavy (non-hydrogen) atoms. The van der Waals surface area contributed by atoms with Crippen molar-refractivity contribution in [3.05, 3.63) is 35.5 Å². The Morgan fingerprint density at radius 2 is 2.08 bits per heavy atom. The summed E-state index contributed by atoms with van der Waals surface area (Å²) in [6, 6.07) is 0. The minimum atomic E-state index is -0.219. The average molecular weight is 345 g/mol. The highest BCUT2D eigenvalue weighted by Gasteiger charge is 2.50. The van der Waals surface area contributed by atoms with E-state index in [0.717, 1.165) is 12.8 Å². The van der Waals surface area contributed by atoms with Gasteiger partial charge >= 0.3 is 0 Å². The highest BCUT2D eigenvalue weighted by molar-refractivity contribution is 5.37. The zero-order chi connectivity index (χ0) is 18.2. The molecule has 140 valence electrons. The quantitative estimate of drug-likeness (QED) is 0.754. The summed E-state index contributed by atoms with van der Waals surface area (Å²) in [7, 11) is 0. The average Bonchev–Trinajstić information content (AvgIpc) is 2.93. The molecule has 1 unspecified atom stereocenters. The summed E-state index contributed by atoms with van der Waals surface area (Å²) >= 11 is 0. The van der Waals surface area contributed by atoms with Crippen LogP contribution in [0, 0.1) is 29.1 Å². The van der Waals surface area contributed by atoms with Crippen LogP contribution in [-0.2, 0) is 0 Å². The monoisotopic (exact) mass is 344 g/mol. The van der Waals surface area contributed by atoms with Gasteiger partial charge in [-0.25, -0.2) is 0 Å². The Hall–Kier alpha value is -0.860. The molecular weight excluding hydrogens is 308 g/mol. The van der Waals surface area contributed by atoms with E-state index in [1.54, 1.807) is 5.57 Å². The van der Waals surface area contributed by atoms with E-state index in [0.29, 0.717) is 35.7 Å². The van der Waals surface area contributed by atoms with Gasteiger partial charge in [-0.2, -0.15) is 0 Å². The standard InChI is InChI=1S/C23H36O2/c1-15-12-20(25)13-19(17(15)3)8-7-18-6-5-11-23(4)21(16(2)14-24)9-10-22(18)23/h7-8,15-16,20-22,24-25H,3,5-6,9-14H2,1-2,4H3/b18-7+,19-8-/t15-,16+,20-,21?,22-,23+/m0/s1. The molecule has 0 aromatic heterocycles. The van der Waals surface area contributed by atoms with Crippen molar-refractivity contribution in [1.82, 2.24) is 0 Å². The first-order valence-corrected chi connectivity index (χ1v) is 10.2. The molecular formula is C23H36O2. The number of aliphatic hydroxyl groups is 2. The number of fused-ring (bicyclic) bond motifs is 1. The topological polar surface area (TPSA) is 40.5 Å². The first kappa shape index (κ1) is 18.9. The highest BCUT2D eigenvalue weighted by Crippen LogP contribution is 2.59. The molecule has 3 fully saturated rings. The molecule has 3 aliphatic rings. The van der Waals surface area contributed by atoms with E-state index in [-0.39, 0.29) is 6.10 Å². The molecule has 0 saturated heterocycles. The van der Waals surface area contributed by atoms with Gasteiger partial charge in [-0.15, -0.1) is 0 Å². The Kier molecular flexibility index (Phi) is 5.60. The normalized spacial score (nSPS) is 43.5. The number of allylic oxidation sites excluding steroid dienone is 4. The van der Waals surface area contributed by atoms with Crippen LogP contribution in [0.1, 0.15) is 65.7 Å². The molecule has 0 spiro atoms. The lowest BCUT2D eigenvalue weighted by atomic mass is 9.61. The van der Waals surface area contributed by atoms with Crippen LogP contribution >= 0.6 is 0 Å². The van der Waals surface area contributed by atoms with E-state index in [1.807, 2.05) is 0 Å². The molecule has 2 nitrogen and oxygen atoms in total. The van der Waals surface area contributed by atoms with Crippen molar-refractivity contribution >= 4 is 0 Å². The van der Waals surface area contributed by atoms with Crippen LogP contribution in [0.4, 0.5) is 0 Å². The third-order valence-electron chi connectivity index (χ3n) is 7.60.